The molecule has 1 saturated heterocycles. The molecule has 1 aromatic carbocycles. The number of amides is 3. The normalized spacial score (nSPS) is 18.2. The zero-order valence-electron chi connectivity index (χ0n) is 27.2. The summed E-state index contributed by atoms with van der Waals surface area (Å²) in [5, 5.41) is 16.5. The van der Waals surface area contributed by atoms with Gasteiger partial charge < -0.3 is 26.4 Å². The van der Waals surface area contributed by atoms with E-state index in [1.165, 1.54) is 24.2 Å². The van der Waals surface area contributed by atoms with E-state index in [2.05, 4.69) is 15.6 Å². The zero-order chi connectivity index (χ0) is 32.3. The second kappa shape index (κ2) is 17.0. The number of thiazole rings is 1. The Bertz CT molecular complexity index is 1210. The third-order valence-electron chi connectivity index (χ3n) is 8.42. The van der Waals surface area contributed by atoms with Crippen molar-refractivity contribution in [3.8, 4) is 10.4 Å². The Labute approximate surface area is 267 Å². The molecule has 3 amide bonds. The fourth-order valence-corrected chi connectivity index (χ4v) is 6.55. The Hall–Kier alpha value is -2.82. The van der Waals surface area contributed by atoms with Crippen LogP contribution in [0.15, 0.2) is 29.8 Å². The number of hydrogen-bond acceptors (Lipinski definition) is 7. The van der Waals surface area contributed by atoms with Crippen molar-refractivity contribution in [3.63, 3.8) is 0 Å². The first-order valence-corrected chi connectivity index (χ1v) is 17.1. The quantitative estimate of drug-likeness (QED) is 0.188. The van der Waals surface area contributed by atoms with Gasteiger partial charge in [0.25, 0.3) is 0 Å². The van der Waals surface area contributed by atoms with Gasteiger partial charge in [0, 0.05) is 19.4 Å². The molecule has 2 heterocycles. The summed E-state index contributed by atoms with van der Waals surface area (Å²) in [6.45, 7) is 10.4. The van der Waals surface area contributed by atoms with E-state index < -0.39 is 23.6 Å². The van der Waals surface area contributed by atoms with Crippen molar-refractivity contribution >= 4 is 29.1 Å². The van der Waals surface area contributed by atoms with Gasteiger partial charge in [-0.05, 0) is 49.8 Å². The van der Waals surface area contributed by atoms with Gasteiger partial charge in [-0.1, -0.05) is 83.6 Å². The van der Waals surface area contributed by atoms with Gasteiger partial charge in [0.2, 0.25) is 17.7 Å². The van der Waals surface area contributed by atoms with Crippen LogP contribution in [0.25, 0.3) is 10.4 Å². The third kappa shape index (κ3) is 10.4. The highest BCUT2D eigenvalue weighted by Crippen LogP contribution is 2.29. The fourth-order valence-electron chi connectivity index (χ4n) is 5.74. The lowest BCUT2D eigenvalue weighted by Gasteiger charge is -2.35. The van der Waals surface area contributed by atoms with Gasteiger partial charge in [-0.3, -0.25) is 14.4 Å². The summed E-state index contributed by atoms with van der Waals surface area (Å²) in [5.74, 6) is -0.809. The molecule has 1 aliphatic rings. The van der Waals surface area contributed by atoms with Crippen LogP contribution in [0, 0.1) is 12.3 Å². The van der Waals surface area contributed by atoms with Crippen molar-refractivity contribution in [2.75, 3.05) is 13.1 Å². The Balaban J connectivity index is 1.56. The van der Waals surface area contributed by atoms with Gasteiger partial charge in [0.05, 0.1) is 28.2 Å². The van der Waals surface area contributed by atoms with Gasteiger partial charge in [0.1, 0.15) is 12.1 Å². The molecule has 1 aliphatic heterocycles. The lowest BCUT2D eigenvalue weighted by atomic mass is 9.85. The number of benzene rings is 1. The molecule has 0 saturated carbocycles. The first-order valence-electron chi connectivity index (χ1n) is 16.2. The van der Waals surface area contributed by atoms with E-state index in [1.807, 2.05) is 64.4 Å². The number of unbranched alkanes of at least 4 members (excludes halogenated alkanes) is 7. The predicted molar refractivity (Wildman–Crippen MR) is 177 cm³/mol. The molecule has 44 heavy (non-hydrogen) atoms. The van der Waals surface area contributed by atoms with E-state index in [0.29, 0.717) is 6.42 Å². The van der Waals surface area contributed by atoms with Crippen LogP contribution in [0.2, 0.25) is 0 Å². The summed E-state index contributed by atoms with van der Waals surface area (Å²) in [5.41, 5.74) is 9.80. The van der Waals surface area contributed by atoms with Gasteiger partial charge in [-0.15, -0.1) is 11.3 Å². The minimum Gasteiger partial charge on any atom is -0.391 e. The van der Waals surface area contributed by atoms with Crippen LogP contribution in [0.3, 0.4) is 0 Å². The van der Waals surface area contributed by atoms with E-state index in [0.717, 1.165) is 60.3 Å². The van der Waals surface area contributed by atoms with Gasteiger partial charge in [-0.2, -0.15) is 0 Å². The lowest BCUT2D eigenvalue weighted by molar-refractivity contribution is -0.144. The van der Waals surface area contributed by atoms with Crippen molar-refractivity contribution in [2.24, 2.45) is 11.1 Å². The van der Waals surface area contributed by atoms with E-state index in [4.69, 9.17) is 5.73 Å². The predicted octanol–water partition coefficient (Wildman–Crippen LogP) is 5.26. The molecule has 4 atom stereocenters. The molecule has 10 heteroatoms. The van der Waals surface area contributed by atoms with E-state index >= 15 is 0 Å². The topological polar surface area (TPSA) is 138 Å². The van der Waals surface area contributed by atoms with E-state index in [1.54, 1.807) is 11.3 Å². The zero-order valence-corrected chi connectivity index (χ0v) is 28.0. The molecule has 0 spiro atoms. The van der Waals surface area contributed by atoms with Gasteiger partial charge in [0.15, 0.2) is 0 Å². The number of aryl methyl sites for hydroxylation is 1. The number of aliphatic hydroxyl groups is 1. The van der Waals surface area contributed by atoms with E-state index in [9.17, 15) is 19.5 Å². The molecule has 244 valence electrons. The van der Waals surface area contributed by atoms with Crippen LogP contribution >= 0.6 is 11.3 Å². The highest BCUT2D eigenvalue weighted by atomic mass is 32.1. The second-order valence-corrected chi connectivity index (χ2v) is 14.1. The smallest absolute Gasteiger partial charge is 0.246 e. The maximum atomic E-state index is 13.9. The van der Waals surface area contributed by atoms with Gasteiger partial charge in [-0.25, -0.2) is 4.98 Å². The van der Waals surface area contributed by atoms with Crippen LogP contribution in [-0.4, -0.2) is 64.0 Å². The van der Waals surface area contributed by atoms with Crippen LogP contribution in [0.4, 0.5) is 0 Å². The Kier molecular flexibility index (Phi) is 13.8. The summed E-state index contributed by atoms with van der Waals surface area (Å²) < 4.78 is 0. The highest BCUT2D eigenvalue weighted by molar-refractivity contribution is 7.13. The van der Waals surface area contributed by atoms with Crippen molar-refractivity contribution in [3.05, 3.63) is 41.0 Å². The molecule has 2 unspecified atom stereocenters. The van der Waals surface area contributed by atoms with E-state index in [-0.39, 0.29) is 36.7 Å². The number of aliphatic hydroxyl groups excluding tert-OH is 1. The number of nitrogens with one attached hydrogen (secondary N) is 2. The molecular weight excluding hydrogens is 574 g/mol. The first kappa shape index (κ1) is 35.7. The number of nitrogens with two attached hydrogens (primary N) is 1. The maximum absolute atomic E-state index is 13.9. The summed E-state index contributed by atoms with van der Waals surface area (Å²) >= 11 is 1.59. The van der Waals surface area contributed by atoms with Crippen molar-refractivity contribution in [1.29, 1.82) is 0 Å². The number of aromatic nitrogens is 1. The molecule has 9 nitrogen and oxygen atoms in total. The SMILES string of the molecule is Cc1ncsc1-c1ccc(C(C)NC(=O)[C@@H]2C[C@@H](O)CN2C(=O)C(NC(=O)CCCCCCCCCCN)C(C)(C)C)cc1. The number of carbonyl (C=O) groups is 3. The minimum atomic E-state index is -0.814. The number of rotatable bonds is 16. The number of likely N-dealkylation sites (tertiary alicyclic amines) is 1. The molecule has 0 radical (unpaired) electrons. The third-order valence-corrected chi connectivity index (χ3v) is 9.40. The minimum absolute atomic E-state index is 0.0575. The molecular formula is C34H53N5O4S. The molecule has 5 N–H and O–H groups in total. The summed E-state index contributed by atoms with van der Waals surface area (Å²) in [7, 11) is 0. The number of hydrogen-bond donors (Lipinski definition) is 4. The monoisotopic (exact) mass is 627 g/mol. The lowest BCUT2D eigenvalue weighted by Crippen LogP contribution is -2.57. The Morgan fingerprint density at radius 1 is 1.02 bits per heavy atom. The maximum Gasteiger partial charge on any atom is 0.246 e. The second-order valence-electron chi connectivity index (χ2n) is 13.2. The number of β-amino-alcohol motifs (C(OH)–C–C–N with tert-alkyl or cyclic N) is 1. The molecule has 3 rings (SSSR count). The highest BCUT2D eigenvalue weighted by Gasteiger charge is 2.44. The van der Waals surface area contributed by atoms with Gasteiger partial charge >= 0.3 is 0 Å². The standard InChI is InChI=1S/C34H53N5O4S/c1-23(25-15-17-26(18-16-25)30-24(2)36-22-44-30)37-32(42)28-20-27(40)21-39(28)33(43)31(34(3,4)5)38-29(41)14-12-10-8-6-7-9-11-13-19-35/h15-18,22-23,27-28,31,40H,6-14,19-21,35H2,1-5H3,(H,37,42)(H,38,41)/t23?,27-,28+,31?/m1/s1. The van der Waals surface area contributed by atoms with Crippen molar-refractivity contribution in [2.45, 2.75) is 123 Å². The van der Waals surface area contributed by atoms with Crippen LogP contribution in [0.5, 0.6) is 0 Å². The first-order chi connectivity index (χ1) is 20.9. The van der Waals surface area contributed by atoms with Crippen LogP contribution in [0.1, 0.15) is 109 Å². The fraction of sp³-hybridized carbons (Fsp3) is 0.647. The molecule has 0 aliphatic carbocycles. The summed E-state index contributed by atoms with van der Waals surface area (Å²) in [4.78, 5) is 47.1. The molecule has 1 fully saturated rings. The largest absolute Gasteiger partial charge is 0.391 e. The van der Waals surface area contributed by atoms with Crippen LogP contribution in [-0.2, 0) is 14.4 Å². The van der Waals surface area contributed by atoms with Crippen LogP contribution < -0.4 is 16.4 Å². The number of nitrogens with zero attached hydrogens (tertiary/aromatic N) is 2. The Morgan fingerprint density at radius 3 is 2.20 bits per heavy atom. The van der Waals surface area contributed by atoms with Crippen molar-refractivity contribution in [1.82, 2.24) is 20.5 Å². The summed E-state index contributed by atoms with van der Waals surface area (Å²) in [6.07, 6.45) is 8.37. The number of carbonyl (C=O) groups excluding carboxylic acids is 3. The molecule has 0 bridgehead atoms. The average molecular weight is 628 g/mol. The van der Waals surface area contributed by atoms with Crippen molar-refractivity contribution < 1.29 is 19.5 Å². The Morgan fingerprint density at radius 2 is 1.64 bits per heavy atom. The average Bonchev–Trinajstić information content (AvgIpc) is 3.59. The molecule has 2 aromatic rings. The summed E-state index contributed by atoms with van der Waals surface area (Å²) in [6, 6.07) is 6.10. The molecule has 1 aromatic heterocycles.